The molecule has 17 rings (SSSR count). The van der Waals surface area contributed by atoms with Crippen LogP contribution < -0.4 is 0 Å². The van der Waals surface area contributed by atoms with Crippen LogP contribution in [0.2, 0.25) is 0 Å². The first kappa shape index (κ1) is 48.5. The molecule has 0 bridgehead atoms. The van der Waals surface area contributed by atoms with Gasteiger partial charge in [-0.2, -0.15) is 0 Å². The third-order valence-electron chi connectivity index (χ3n) is 19.4. The second-order valence-corrected chi connectivity index (χ2v) is 24.4. The van der Waals surface area contributed by atoms with E-state index >= 15 is 0 Å². The standard InChI is InChI=1S/C83H57N/c1-82(2)72-31-17-15-19-56(72)58-43-41-54(47-74(58)82)80-66-27-11-6-22-61(66)76(62-23-7-12-28-67(62)80)50-33-35-52(36-34-50)78-60-21-5-10-26-65(60)79(71-49-84-46-45-70(71)78)53-39-37-51(38-40-53)77-63-24-8-13-29-68(63)81(69-30-14-9-25-64(69)77)55-42-44-59-57-20-16-18-32-73(57)83(3,4)75(59)48-55/h5-49H,1-4H3. The molecule has 0 spiro atoms. The van der Waals surface area contributed by atoms with Crippen LogP contribution in [-0.4, -0.2) is 4.98 Å². The molecule has 1 heteroatoms. The van der Waals surface area contributed by atoms with Crippen molar-refractivity contribution in [1.29, 1.82) is 0 Å². The Balaban J connectivity index is 0.768. The molecule has 1 aromatic heterocycles. The van der Waals surface area contributed by atoms with Crippen LogP contribution in [0.15, 0.2) is 273 Å². The molecule has 0 N–H and O–H groups in total. The number of pyridine rings is 1. The highest BCUT2D eigenvalue weighted by Gasteiger charge is 2.37. The molecule has 0 amide bonds. The van der Waals surface area contributed by atoms with Crippen molar-refractivity contribution in [2.75, 3.05) is 0 Å². The first-order chi connectivity index (χ1) is 41.2. The van der Waals surface area contributed by atoms with Gasteiger partial charge in [-0.05, 0) is 189 Å². The van der Waals surface area contributed by atoms with Crippen LogP contribution in [0.5, 0.6) is 0 Å². The van der Waals surface area contributed by atoms with Gasteiger partial charge in [-0.3, -0.25) is 4.98 Å². The van der Waals surface area contributed by atoms with Gasteiger partial charge in [0.15, 0.2) is 0 Å². The Morgan fingerprint density at radius 1 is 0.214 bits per heavy atom. The normalized spacial score (nSPS) is 13.7. The number of hydrogen-bond donors (Lipinski definition) is 0. The number of hydrogen-bond acceptors (Lipinski definition) is 1. The number of rotatable bonds is 6. The Labute approximate surface area is 489 Å². The van der Waals surface area contributed by atoms with Gasteiger partial charge in [0.05, 0.1) is 0 Å². The third-order valence-corrected chi connectivity index (χ3v) is 19.4. The van der Waals surface area contributed by atoms with Gasteiger partial charge in [0, 0.05) is 28.6 Å². The predicted octanol–water partition coefficient (Wildman–Crippen LogP) is 22.6. The summed E-state index contributed by atoms with van der Waals surface area (Å²) < 4.78 is 0. The van der Waals surface area contributed by atoms with Crippen molar-refractivity contribution in [3.05, 3.63) is 296 Å². The average molecular weight is 1070 g/mol. The monoisotopic (exact) mass is 1070 g/mol. The highest BCUT2D eigenvalue weighted by Crippen LogP contribution is 2.54. The van der Waals surface area contributed by atoms with Gasteiger partial charge >= 0.3 is 0 Å². The SMILES string of the molecule is CC1(C)c2ccccc2-c2ccc(-c3c4ccccc4c(-c4ccc(-c5c6ccccc6c(-c6ccc(-c7c8ccccc8c(-c8ccc9c(c8)C(C)(C)c8ccccc8-9)c8ccccc78)cc6)c6cnccc56)cc4)c4ccccc34)cc21. The molecule has 0 atom stereocenters. The lowest BCUT2D eigenvalue weighted by atomic mass is 9.80. The molecule has 15 aromatic rings. The highest BCUT2D eigenvalue weighted by atomic mass is 14.6. The molecule has 84 heavy (non-hydrogen) atoms. The second kappa shape index (κ2) is 18.1. The van der Waals surface area contributed by atoms with Crippen LogP contribution in [0.1, 0.15) is 49.9 Å². The molecule has 2 aliphatic rings. The quantitative estimate of drug-likeness (QED) is 0.151. The van der Waals surface area contributed by atoms with E-state index < -0.39 is 0 Å². The van der Waals surface area contributed by atoms with Gasteiger partial charge in [0.2, 0.25) is 0 Å². The molecule has 2 aliphatic carbocycles. The van der Waals surface area contributed by atoms with Crippen LogP contribution in [0, 0.1) is 0 Å². The van der Waals surface area contributed by atoms with Crippen LogP contribution >= 0.6 is 0 Å². The van der Waals surface area contributed by atoms with E-state index in [4.69, 9.17) is 4.98 Å². The van der Waals surface area contributed by atoms with E-state index in [2.05, 4.69) is 295 Å². The zero-order chi connectivity index (χ0) is 56.0. The van der Waals surface area contributed by atoms with Gasteiger partial charge in [0.25, 0.3) is 0 Å². The van der Waals surface area contributed by atoms with Crippen molar-refractivity contribution in [1.82, 2.24) is 4.98 Å². The van der Waals surface area contributed by atoms with Gasteiger partial charge in [-0.1, -0.05) is 270 Å². The first-order valence-electron chi connectivity index (χ1n) is 29.6. The van der Waals surface area contributed by atoms with Crippen molar-refractivity contribution >= 4 is 64.6 Å². The van der Waals surface area contributed by atoms with Gasteiger partial charge in [0.1, 0.15) is 0 Å². The summed E-state index contributed by atoms with van der Waals surface area (Å²) in [5, 5.41) is 14.8. The molecule has 0 fully saturated rings. The van der Waals surface area contributed by atoms with E-state index in [0.717, 1.165) is 10.9 Å². The summed E-state index contributed by atoms with van der Waals surface area (Å²) in [5.74, 6) is 0. The Kier molecular flexibility index (Phi) is 10.5. The summed E-state index contributed by atoms with van der Waals surface area (Å²) in [6, 6.07) is 98.2. The Morgan fingerprint density at radius 3 is 0.774 bits per heavy atom. The Hall–Kier alpha value is -10.2. The maximum atomic E-state index is 4.82. The molecule has 394 valence electrons. The number of fused-ring (bicyclic) bond motifs is 12. The fraction of sp³-hybridized carbons (Fsp3) is 0.0723. The zero-order valence-corrected chi connectivity index (χ0v) is 47.4. The molecule has 0 saturated carbocycles. The topological polar surface area (TPSA) is 12.9 Å². The molecule has 14 aromatic carbocycles. The lowest BCUT2D eigenvalue weighted by Gasteiger charge is -2.23. The lowest BCUT2D eigenvalue weighted by molar-refractivity contribution is 0.660. The molecule has 0 unspecified atom stereocenters. The van der Waals surface area contributed by atoms with E-state index in [-0.39, 0.29) is 10.8 Å². The van der Waals surface area contributed by atoms with Crippen LogP contribution in [-0.2, 0) is 10.8 Å². The first-order valence-corrected chi connectivity index (χ1v) is 29.6. The van der Waals surface area contributed by atoms with Crippen LogP contribution in [0.4, 0.5) is 0 Å². The Bertz CT molecular complexity index is 4780. The van der Waals surface area contributed by atoms with Crippen molar-refractivity contribution in [2.24, 2.45) is 0 Å². The van der Waals surface area contributed by atoms with Gasteiger partial charge in [-0.15, -0.1) is 0 Å². The summed E-state index contributed by atoms with van der Waals surface area (Å²) in [5.41, 5.74) is 25.5. The minimum absolute atomic E-state index is 0.0908. The van der Waals surface area contributed by atoms with Crippen molar-refractivity contribution in [2.45, 2.75) is 38.5 Å². The van der Waals surface area contributed by atoms with Crippen LogP contribution in [0.3, 0.4) is 0 Å². The summed E-state index contributed by atoms with van der Waals surface area (Å²) in [6.45, 7) is 9.49. The van der Waals surface area contributed by atoms with Gasteiger partial charge < -0.3 is 0 Å². The van der Waals surface area contributed by atoms with E-state index in [0.29, 0.717) is 0 Å². The molecule has 1 heterocycles. The molecule has 1 nitrogen and oxygen atoms in total. The average Bonchev–Trinajstić information content (AvgIpc) is 4.20. The van der Waals surface area contributed by atoms with Crippen molar-refractivity contribution in [3.63, 3.8) is 0 Å². The number of benzene rings is 14. The molecular weight excluding hydrogens is 1010 g/mol. The molecule has 0 aliphatic heterocycles. The fourth-order valence-corrected chi connectivity index (χ4v) is 15.5. The number of aromatic nitrogens is 1. The van der Waals surface area contributed by atoms with Crippen molar-refractivity contribution < 1.29 is 0 Å². The minimum Gasteiger partial charge on any atom is -0.264 e. The maximum Gasteiger partial charge on any atom is 0.0353 e. The van der Waals surface area contributed by atoms with E-state index in [1.807, 2.05) is 6.20 Å². The molecule has 0 radical (unpaired) electrons. The zero-order valence-electron chi connectivity index (χ0n) is 47.4. The lowest BCUT2D eigenvalue weighted by Crippen LogP contribution is -2.14. The van der Waals surface area contributed by atoms with E-state index in [1.54, 1.807) is 0 Å². The fourth-order valence-electron chi connectivity index (χ4n) is 15.5. The third kappa shape index (κ3) is 6.93. The summed E-state index contributed by atoms with van der Waals surface area (Å²) >= 11 is 0. The minimum atomic E-state index is -0.0913. The highest BCUT2D eigenvalue weighted by molar-refractivity contribution is 6.25. The molecule has 0 saturated heterocycles. The summed E-state index contributed by atoms with van der Waals surface area (Å²) in [7, 11) is 0. The summed E-state index contributed by atoms with van der Waals surface area (Å²) in [4.78, 5) is 4.82. The summed E-state index contributed by atoms with van der Waals surface area (Å²) in [6.07, 6.45) is 4.02. The predicted molar refractivity (Wildman–Crippen MR) is 357 cm³/mol. The van der Waals surface area contributed by atoms with E-state index in [9.17, 15) is 0 Å². The smallest absolute Gasteiger partial charge is 0.0353 e. The molecular formula is C83H57N. The largest absolute Gasteiger partial charge is 0.264 e. The van der Waals surface area contributed by atoms with Crippen LogP contribution in [0.25, 0.3) is 154 Å². The van der Waals surface area contributed by atoms with E-state index in [1.165, 1.54) is 165 Å². The van der Waals surface area contributed by atoms with Crippen molar-refractivity contribution in [3.8, 4) is 89.0 Å². The van der Waals surface area contributed by atoms with Gasteiger partial charge in [-0.25, -0.2) is 0 Å². The Morgan fingerprint density at radius 2 is 0.452 bits per heavy atom. The maximum absolute atomic E-state index is 4.82. The number of nitrogens with zero attached hydrogens (tertiary/aromatic N) is 1. The second-order valence-electron chi connectivity index (χ2n) is 24.4.